The molecule has 0 radical (unpaired) electrons. The first-order valence-electron chi connectivity index (χ1n) is 9.32. The zero-order chi connectivity index (χ0) is 18.8. The molecule has 0 aliphatic carbocycles. The molecule has 1 aromatic carbocycles. The molecule has 0 saturated carbocycles. The van der Waals surface area contributed by atoms with E-state index in [-0.39, 0.29) is 11.8 Å². The molecule has 0 N–H and O–H groups in total. The lowest BCUT2D eigenvalue weighted by molar-refractivity contribution is 0.0702. The molecule has 1 saturated heterocycles. The maximum atomic E-state index is 12.9. The molecule has 6 heteroatoms. The van der Waals surface area contributed by atoms with Crippen molar-refractivity contribution < 1.29 is 9.21 Å². The largest absolute Gasteiger partial charge is 0.445 e. The van der Waals surface area contributed by atoms with Gasteiger partial charge >= 0.3 is 0 Å². The predicted octanol–water partition coefficient (Wildman–Crippen LogP) is 4.36. The van der Waals surface area contributed by atoms with Gasteiger partial charge in [0.05, 0.1) is 22.8 Å². The number of nitrogens with zero attached hydrogens (tertiary/aromatic N) is 3. The fraction of sp³-hybridized carbons (Fsp3) is 0.381. The number of oxazole rings is 1. The van der Waals surface area contributed by atoms with Crippen molar-refractivity contribution in [2.45, 2.75) is 39.0 Å². The zero-order valence-corrected chi connectivity index (χ0v) is 16.5. The number of aryl methyl sites for hydroxylation is 2. The third-order valence-corrected chi connectivity index (χ3v) is 6.01. The van der Waals surface area contributed by atoms with Crippen LogP contribution in [0.25, 0.3) is 0 Å². The first-order valence-corrected chi connectivity index (χ1v) is 10.1. The van der Waals surface area contributed by atoms with E-state index in [0.717, 1.165) is 53.0 Å². The third kappa shape index (κ3) is 3.95. The molecule has 1 unspecified atom stereocenters. The Morgan fingerprint density at radius 3 is 2.85 bits per heavy atom. The van der Waals surface area contributed by atoms with E-state index in [1.54, 1.807) is 0 Å². The molecule has 3 heterocycles. The Hall–Kier alpha value is -2.47. The quantitative estimate of drug-likeness (QED) is 0.674. The monoisotopic (exact) mass is 381 g/mol. The lowest BCUT2D eigenvalue weighted by atomic mass is 9.98. The van der Waals surface area contributed by atoms with Gasteiger partial charge in [-0.1, -0.05) is 30.3 Å². The van der Waals surface area contributed by atoms with E-state index in [9.17, 15) is 4.79 Å². The van der Waals surface area contributed by atoms with Crippen LogP contribution in [-0.2, 0) is 6.42 Å². The molecule has 4 rings (SSSR count). The second-order valence-corrected chi connectivity index (χ2v) is 8.27. The average molecular weight is 382 g/mol. The second kappa shape index (κ2) is 7.64. The maximum Gasteiger partial charge on any atom is 0.265 e. The van der Waals surface area contributed by atoms with Crippen molar-refractivity contribution in [1.29, 1.82) is 0 Å². The summed E-state index contributed by atoms with van der Waals surface area (Å²) in [6, 6.07) is 10.2. The van der Waals surface area contributed by atoms with Crippen molar-refractivity contribution in [3.63, 3.8) is 0 Å². The Morgan fingerprint density at radius 2 is 2.11 bits per heavy atom. The number of aromatic nitrogens is 2. The molecule has 2 aromatic heterocycles. The number of hydrogen-bond acceptors (Lipinski definition) is 5. The van der Waals surface area contributed by atoms with Gasteiger partial charge in [0, 0.05) is 19.5 Å². The van der Waals surface area contributed by atoms with Gasteiger partial charge in [-0.05, 0) is 32.3 Å². The van der Waals surface area contributed by atoms with Crippen molar-refractivity contribution in [3.05, 3.63) is 69.3 Å². The van der Waals surface area contributed by atoms with Crippen molar-refractivity contribution in [2.75, 3.05) is 13.1 Å². The first kappa shape index (κ1) is 17.9. The molecule has 27 heavy (non-hydrogen) atoms. The highest BCUT2D eigenvalue weighted by Gasteiger charge is 2.30. The van der Waals surface area contributed by atoms with Crippen LogP contribution in [0.15, 0.2) is 40.9 Å². The van der Waals surface area contributed by atoms with Gasteiger partial charge in [-0.25, -0.2) is 9.97 Å². The second-order valence-electron chi connectivity index (χ2n) is 7.06. The highest BCUT2D eigenvalue weighted by atomic mass is 32.1. The third-order valence-electron chi connectivity index (χ3n) is 4.95. The van der Waals surface area contributed by atoms with E-state index in [4.69, 9.17) is 4.42 Å². The van der Waals surface area contributed by atoms with Gasteiger partial charge in [-0.3, -0.25) is 4.79 Å². The van der Waals surface area contributed by atoms with Crippen LogP contribution in [0.5, 0.6) is 0 Å². The van der Waals surface area contributed by atoms with E-state index in [0.29, 0.717) is 6.54 Å². The average Bonchev–Trinajstić information content (AvgIpc) is 3.28. The summed E-state index contributed by atoms with van der Waals surface area (Å²) in [5, 5.41) is 0.933. The molecule has 5 nitrogen and oxygen atoms in total. The van der Waals surface area contributed by atoms with E-state index < -0.39 is 0 Å². The molecule has 0 bridgehead atoms. The molecule has 1 atom stereocenters. The summed E-state index contributed by atoms with van der Waals surface area (Å²) in [5.41, 5.74) is 2.03. The molecular formula is C21H23N3O2S. The maximum absolute atomic E-state index is 12.9. The fourth-order valence-corrected chi connectivity index (χ4v) is 4.51. The van der Waals surface area contributed by atoms with Gasteiger partial charge in [-0.15, -0.1) is 11.3 Å². The van der Waals surface area contributed by atoms with E-state index in [2.05, 4.69) is 22.1 Å². The normalized spacial score (nSPS) is 17.3. The number of rotatable bonds is 4. The van der Waals surface area contributed by atoms with Crippen LogP contribution in [0.4, 0.5) is 0 Å². The minimum atomic E-state index is 0.0823. The Bertz CT molecular complexity index is 932. The van der Waals surface area contributed by atoms with Crippen LogP contribution < -0.4 is 0 Å². The van der Waals surface area contributed by atoms with Crippen molar-refractivity contribution in [2.24, 2.45) is 0 Å². The summed E-state index contributed by atoms with van der Waals surface area (Å²) in [7, 11) is 0. The van der Waals surface area contributed by atoms with Crippen LogP contribution in [0.3, 0.4) is 0 Å². The number of amides is 1. The Balaban J connectivity index is 1.45. The van der Waals surface area contributed by atoms with Gasteiger partial charge in [0.2, 0.25) is 0 Å². The smallest absolute Gasteiger partial charge is 0.265 e. The number of carbonyl (C=O) groups is 1. The van der Waals surface area contributed by atoms with Crippen molar-refractivity contribution >= 4 is 17.2 Å². The molecule has 1 fully saturated rings. The molecule has 1 aliphatic heterocycles. The van der Waals surface area contributed by atoms with Gasteiger partial charge in [0.15, 0.2) is 5.89 Å². The minimum Gasteiger partial charge on any atom is -0.445 e. The first-order chi connectivity index (χ1) is 13.1. The summed E-state index contributed by atoms with van der Waals surface area (Å²) in [5.74, 6) is 1.85. The minimum absolute atomic E-state index is 0.0823. The number of piperidine rings is 1. The zero-order valence-electron chi connectivity index (χ0n) is 15.6. The van der Waals surface area contributed by atoms with Gasteiger partial charge in [0.25, 0.3) is 5.91 Å². The highest BCUT2D eigenvalue weighted by Crippen LogP contribution is 2.29. The lowest BCUT2D eigenvalue weighted by Gasteiger charge is -2.31. The summed E-state index contributed by atoms with van der Waals surface area (Å²) in [4.78, 5) is 24.5. The summed E-state index contributed by atoms with van der Waals surface area (Å²) in [6.07, 6.45) is 4.52. The number of carbonyl (C=O) groups excluding carboxylic acids is 1. The van der Waals surface area contributed by atoms with Crippen LogP contribution in [0, 0.1) is 13.8 Å². The van der Waals surface area contributed by atoms with E-state index in [1.165, 1.54) is 16.9 Å². The molecule has 1 aliphatic rings. The SMILES string of the molecule is Cc1nc(C)c(C(=O)N2CCCC(c3ncc(Cc4ccccc4)o3)C2)s1. The molecule has 3 aromatic rings. The van der Waals surface area contributed by atoms with Gasteiger partial charge in [-0.2, -0.15) is 0 Å². The number of hydrogen-bond donors (Lipinski definition) is 0. The van der Waals surface area contributed by atoms with Crippen LogP contribution in [0.2, 0.25) is 0 Å². The number of thiazole rings is 1. The molecule has 1 amide bonds. The summed E-state index contributed by atoms with van der Waals surface area (Å²) in [6.45, 7) is 5.28. The summed E-state index contributed by atoms with van der Waals surface area (Å²) >= 11 is 1.48. The Labute approximate surface area is 163 Å². The van der Waals surface area contributed by atoms with E-state index >= 15 is 0 Å². The van der Waals surface area contributed by atoms with Gasteiger partial charge in [0.1, 0.15) is 10.6 Å². The lowest BCUT2D eigenvalue weighted by Crippen LogP contribution is -2.39. The Kier molecular flexibility index (Phi) is 5.07. The topological polar surface area (TPSA) is 59.2 Å². The Morgan fingerprint density at radius 1 is 1.30 bits per heavy atom. The predicted molar refractivity (Wildman–Crippen MR) is 105 cm³/mol. The van der Waals surface area contributed by atoms with Crippen LogP contribution >= 0.6 is 11.3 Å². The van der Waals surface area contributed by atoms with Gasteiger partial charge < -0.3 is 9.32 Å². The van der Waals surface area contributed by atoms with Crippen molar-refractivity contribution in [1.82, 2.24) is 14.9 Å². The van der Waals surface area contributed by atoms with E-state index in [1.807, 2.05) is 43.1 Å². The number of benzene rings is 1. The van der Waals surface area contributed by atoms with Crippen LogP contribution in [-0.4, -0.2) is 33.9 Å². The molecule has 140 valence electrons. The fourth-order valence-electron chi connectivity index (χ4n) is 3.63. The van der Waals surface area contributed by atoms with Crippen LogP contribution in [0.1, 0.15) is 56.3 Å². The van der Waals surface area contributed by atoms with Crippen molar-refractivity contribution in [3.8, 4) is 0 Å². The standard InChI is InChI=1S/C21H23N3O2S/c1-14-19(27-15(2)23-14)21(25)24-10-6-9-17(13-24)20-22-12-18(26-20)11-16-7-4-3-5-8-16/h3-5,7-8,12,17H,6,9-11,13H2,1-2H3. The molecule has 0 spiro atoms. The number of likely N-dealkylation sites (tertiary alicyclic amines) is 1. The highest BCUT2D eigenvalue weighted by molar-refractivity contribution is 7.13. The summed E-state index contributed by atoms with van der Waals surface area (Å²) < 4.78 is 6.03. The molecular weight excluding hydrogens is 358 g/mol.